The highest BCUT2D eigenvalue weighted by Gasteiger charge is 2.30. The fraction of sp³-hybridized carbons (Fsp3) is 1.00. The monoisotopic (exact) mass is 225 g/mol. The lowest BCUT2D eigenvalue weighted by Gasteiger charge is -2.32. The van der Waals surface area contributed by atoms with Crippen LogP contribution in [0.15, 0.2) is 0 Å². The first-order valence-electron chi connectivity index (χ1n) is 6.77. The van der Waals surface area contributed by atoms with Crippen LogP contribution in [0.1, 0.15) is 33.1 Å². The molecule has 2 N–H and O–H groups in total. The summed E-state index contributed by atoms with van der Waals surface area (Å²) in [7, 11) is 0. The average Bonchev–Trinajstić information content (AvgIpc) is 2.58. The quantitative estimate of drug-likeness (QED) is 0.782. The Labute approximate surface area is 100.0 Å². The van der Waals surface area contributed by atoms with E-state index in [0.29, 0.717) is 0 Å². The molecule has 2 heterocycles. The van der Waals surface area contributed by atoms with Gasteiger partial charge in [0.2, 0.25) is 0 Å². The normalized spacial score (nSPS) is 29.1. The van der Waals surface area contributed by atoms with Crippen molar-refractivity contribution < 1.29 is 0 Å². The third-order valence-corrected chi connectivity index (χ3v) is 4.09. The van der Waals surface area contributed by atoms with Crippen LogP contribution < -0.4 is 5.73 Å². The second kappa shape index (κ2) is 5.03. The second-order valence-corrected chi connectivity index (χ2v) is 6.29. The first-order chi connectivity index (χ1) is 7.61. The zero-order valence-corrected chi connectivity index (χ0v) is 10.9. The van der Waals surface area contributed by atoms with Gasteiger partial charge in [0.05, 0.1) is 0 Å². The smallest absolute Gasteiger partial charge is 0.0223 e. The molecule has 3 heteroatoms. The van der Waals surface area contributed by atoms with E-state index in [1.807, 2.05) is 0 Å². The Morgan fingerprint density at radius 2 is 1.94 bits per heavy atom. The summed E-state index contributed by atoms with van der Waals surface area (Å²) < 4.78 is 0. The van der Waals surface area contributed by atoms with Gasteiger partial charge in [0, 0.05) is 19.1 Å². The van der Waals surface area contributed by atoms with Gasteiger partial charge in [-0.2, -0.15) is 0 Å². The lowest BCUT2D eigenvalue weighted by atomic mass is 9.93. The molecule has 0 amide bonds. The maximum Gasteiger partial charge on any atom is 0.0223 e. The van der Waals surface area contributed by atoms with E-state index in [2.05, 4.69) is 23.6 Å². The van der Waals surface area contributed by atoms with Crippen molar-refractivity contribution >= 4 is 0 Å². The third kappa shape index (κ3) is 2.96. The van der Waals surface area contributed by atoms with Crippen LogP contribution in [-0.4, -0.2) is 55.1 Å². The van der Waals surface area contributed by atoms with Crippen molar-refractivity contribution in [3.05, 3.63) is 0 Å². The predicted octanol–water partition coefficient (Wildman–Crippen LogP) is 1.14. The number of nitrogens with zero attached hydrogens (tertiary/aromatic N) is 2. The van der Waals surface area contributed by atoms with Crippen LogP contribution in [-0.2, 0) is 0 Å². The molecule has 2 saturated heterocycles. The first kappa shape index (κ1) is 12.3. The van der Waals surface area contributed by atoms with E-state index in [-0.39, 0.29) is 5.41 Å². The summed E-state index contributed by atoms with van der Waals surface area (Å²) >= 11 is 0. The van der Waals surface area contributed by atoms with Crippen LogP contribution in [0.2, 0.25) is 0 Å². The predicted molar refractivity (Wildman–Crippen MR) is 68.5 cm³/mol. The summed E-state index contributed by atoms with van der Waals surface area (Å²) in [5, 5.41) is 0. The highest BCUT2D eigenvalue weighted by Crippen LogP contribution is 2.23. The van der Waals surface area contributed by atoms with Gasteiger partial charge >= 0.3 is 0 Å². The van der Waals surface area contributed by atoms with E-state index in [9.17, 15) is 0 Å². The molecule has 0 aromatic rings. The van der Waals surface area contributed by atoms with Crippen molar-refractivity contribution in [3.8, 4) is 0 Å². The van der Waals surface area contributed by atoms with Crippen molar-refractivity contribution in [2.45, 2.75) is 39.2 Å². The van der Waals surface area contributed by atoms with Crippen LogP contribution in [0.4, 0.5) is 0 Å². The minimum atomic E-state index is 0.272. The molecule has 0 saturated carbocycles. The van der Waals surface area contributed by atoms with Gasteiger partial charge in [-0.1, -0.05) is 13.8 Å². The third-order valence-electron chi connectivity index (χ3n) is 4.09. The molecule has 3 nitrogen and oxygen atoms in total. The van der Waals surface area contributed by atoms with Gasteiger partial charge in [-0.15, -0.1) is 0 Å². The number of fused-ring (bicyclic) bond motifs is 1. The van der Waals surface area contributed by atoms with Gasteiger partial charge in [0.25, 0.3) is 0 Å². The average molecular weight is 225 g/mol. The summed E-state index contributed by atoms with van der Waals surface area (Å²) in [6.07, 6.45) is 4.13. The molecular weight excluding hydrogens is 198 g/mol. The molecule has 94 valence electrons. The molecule has 0 aromatic heterocycles. The SMILES string of the molecule is CC(C)(CN)CN1CCCN2CCCC2C1. The van der Waals surface area contributed by atoms with Crippen molar-refractivity contribution in [2.75, 3.05) is 39.3 Å². The molecule has 0 spiro atoms. The van der Waals surface area contributed by atoms with E-state index < -0.39 is 0 Å². The molecule has 1 unspecified atom stereocenters. The Kier molecular flexibility index (Phi) is 3.88. The van der Waals surface area contributed by atoms with E-state index in [1.165, 1.54) is 45.4 Å². The molecule has 0 bridgehead atoms. The number of hydrogen-bond donors (Lipinski definition) is 1. The lowest BCUT2D eigenvalue weighted by Crippen LogP contribution is -2.43. The highest BCUT2D eigenvalue weighted by molar-refractivity contribution is 4.86. The minimum Gasteiger partial charge on any atom is -0.330 e. The Balaban J connectivity index is 1.90. The molecule has 2 rings (SSSR count). The number of rotatable bonds is 3. The molecule has 1 atom stereocenters. The highest BCUT2D eigenvalue weighted by atomic mass is 15.3. The van der Waals surface area contributed by atoms with Crippen LogP contribution in [0.25, 0.3) is 0 Å². The molecule has 2 aliphatic heterocycles. The van der Waals surface area contributed by atoms with E-state index in [1.54, 1.807) is 0 Å². The van der Waals surface area contributed by atoms with Gasteiger partial charge in [-0.25, -0.2) is 0 Å². The summed E-state index contributed by atoms with van der Waals surface area (Å²) in [4.78, 5) is 5.33. The lowest BCUT2D eigenvalue weighted by molar-refractivity contribution is 0.165. The Morgan fingerprint density at radius 3 is 2.69 bits per heavy atom. The van der Waals surface area contributed by atoms with Crippen molar-refractivity contribution in [3.63, 3.8) is 0 Å². The largest absolute Gasteiger partial charge is 0.330 e. The molecule has 2 aliphatic rings. The fourth-order valence-corrected chi connectivity index (χ4v) is 3.10. The maximum absolute atomic E-state index is 5.83. The van der Waals surface area contributed by atoms with E-state index in [4.69, 9.17) is 5.73 Å². The molecule has 0 aromatic carbocycles. The number of nitrogens with two attached hydrogens (primary N) is 1. The van der Waals surface area contributed by atoms with Crippen LogP contribution in [0, 0.1) is 5.41 Å². The Morgan fingerprint density at radius 1 is 1.19 bits per heavy atom. The zero-order valence-electron chi connectivity index (χ0n) is 10.9. The zero-order chi connectivity index (χ0) is 11.6. The molecule has 16 heavy (non-hydrogen) atoms. The van der Waals surface area contributed by atoms with Crippen molar-refractivity contribution in [1.29, 1.82) is 0 Å². The standard InChI is InChI=1S/C13H27N3/c1-13(2,10-14)11-15-6-4-8-16-7-3-5-12(16)9-15/h12H,3-11,14H2,1-2H3. The van der Waals surface area contributed by atoms with Gasteiger partial charge in [0.1, 0.15) is 0 Å². The molecular formula is C13H27N3. The van der Waals surface area contributed by atoms with E-state index in [0.717, 1.165) is 19.1 Å². The fourth-order valence-electron chi connectivity index (χ4n) is 3.10. The van der Waals surface area contributed by atoms with Crippen LogP contribution in [0.5, 0.6) is 0 Å². The summed E-state index contributed by atoms with van der Waals surface area (Å²) in [6.45, 7) is 11.7. The van der Waals surface area contributed by atoms with Gasteiger partial charge in [-0.05, 0) is 50.9 Å². The van der Waals surface area contributed by atoms with Crippen LogP contribution >= 0.6 is 0 Å². The Bertz CT molecular complexity index is 227. The van der Waals surface area contributed by atoms with Crippen molar-refractivity contribution in [2.24, 2.45) is 11.1 Å². The minimum absolute atomic E-state index is 0.272. The summed E-state index contributed by atoms with van der Waals surface area (Å²) in [5.74, 6) is 0. The number of hydrogen-bond acceptors (Lipinski definition) is 3. The van der Waals surface area contributed by atoms with Crippen molar-refractivity contribution in [1.82, 2.24) is 9.80 Å². The molecule has 2 fully saturated rings. The first-order valence-corrected chi connectivity index (χ1v) is 6.77. The van der Waals surface area contributed by atoms with Gasteiger partial charge < -0.3 is 10.6 Å². The van der Waals surface area contributed by atoms with E-state index >= 15 is 0 Å². The maximum atomic E-state index is 5.83. The molecule has 0 radical (unpaired) electrons. The topological polar surface area (TPSA) is 32.5 Å². The second-order valence-electron chi connectivity index (χ2n) is 6.29. The Hall–Kier alpha value is -0.120. The summed E-state index contributed by atoms with van der Waals surface area (Å²) in [6, 6.07) is 0.830. The summed E-state index contributed by atoms with van der Waals surface area (Å²) in [5.41, 5.74) is 6.10. The molecule has 0 aliphatic carbocycles. The van der Waals surface area contributed by atoms with Crippen LogP contribution in [0.3, 0.4) is 0 Å². The van der Waals surface area contributed by atoms with Gasteiger partial charge in [-0.3, -0.25) is 4.90 Å². The van der Waals surface area contributed by atoms with Gasteiger partial charge in [0.15, 0.2) is 0 Å².